The first-order chi connectivity index (χ1) is 13.6. The third kappa shape index (κ3) is 4.22. The molecule has 4 rings (SSSR count). The number of benzene rings is 2. The van der Waals surface area contributed by atoms with Crippen LogP contribution in [0.3, 0.4) is 0 Å². The number of aromatic nitrogens is 1. The maximum atomic E-state index is 5.59. The van der Waals surface area contributed by atoms with E-state index < -0.39 is 0 Å². The van der Waals surface area contributed by atoms with Crippen LogP contribution in [0.15, 0.2) is 69.9 Å². The summed E-state index contributed by atoms with van der Waals surface area (Å²) in [6, 6.07) is 16.1. The average Bonchev–Trinajstić information content (AvgIpc) is 3.25. The molecule has 2 aromatic carbocycles. The van der Waals surface area contributed by atoms with Crippen molar-refractivity contribution < 1.29 is 4.74 Å². The van der Waals surface area contributed by atoms with Crippen LogP contribution in [0.5, 0.6) is 5.75 Å². The molecule has 0 atom stereocenters. The summed E-state index contributed by atoms with van der Waals surface area (Å²) in [6.45, 7) is 2.72. The maximum absolute atomic E-state index is 5.59. The number of para-hydroxylation sites is 1. The van der Waals surface area contributed by atoms with Crippen molar-refractivity contribution in [3.8, 4) is 5.75 Å². The minimum absolute atomic E-state index is 0.674. The number of anilines is 2. The smallest absolute Gasteiger partial charge is 0.121 e. The van der Waals surface area contributed by atoms with Gasteiger partial charge in [-0.3, -0.25) is 0 Å². The molecule has 0 radical (unpaired) electrons. The molecule has 0 saturated carbocycles. The number of hydrogen-bond acceptors (Lipinski definition) is 6. The summed E-state index contributed by atoms with van der Waals surface area (Å²) >= 11 is 8.96. The first-order valence-electron chi connectivity index (χ1n) is 8.74. The van der Waals surface area contributed by atoms with Gasteiger partial charge in [-0.25, -0.2) is 4.98 Å². The number of rotatable bonds is 5. The van der Waals surface area contributed by atoms with Crippen LogP contribution in [0.4, 0.5) is 11.4 Å². The molecule has 1 aliphatic heterocycles. The largest absolute Gasteiger partial charge is 0.497 e. The lowest BCUT2D eigenvalue weighted by atomic mass is 10.2. The molecule has 0 fully saturated rings. The van der Waals surface area contributed by atoms with E-state index in [0.29, 0.717) is 11.5 Å². The number of nitrogens with zero attached hydrogens (tertiary/aromatic N) is 2. The molecule has 28 heavy (non-hydrogen) atoms. The Kier molecular flexibility index (Phi) is 5.66. The molecule has 1 aromatic heterocycles. The highest BCUT2D eigenvalue weighted by atomic mass is 32.2. The number of hydrogen-bond donors (Lipinski definition) is 1. The van der Waals surface area contributed by atoms with Crippen molar-refractivity contribution in [1.82, 2.24) is 4.98 Å². The molecule has 0 saturated heterocycles. The first-order valence-corrected chi connectivity index (χ1v) is 10.8. The van der Waals surface area contributed by atoms with Gasteiger partial charge in [0.05, 0.1) is 35.1 Å². The lowest BCUT2D eigenvalue weighted by Gasteiger charge is -2.20. The molecule has 1 N–H and O–H groups in total. The van der Waals surface area contributed by atoms with E-state index in [2.05, 4.69) is 32.7 Å². The molecule has 2 heterocycles. The van der Waals surface area contributed by atoms with Crippen LogP contribution in [-0.4, -0.2) is 17.1 Å². The summed E-state index contributed by atoms with van der Waals surface area (Å²) in [5.74, 6) is 0.838. The van der Waals surface area contributed by atoms with Crippen molar-refractivity contribution in [1.29, 1.82) is 0 Å². The summed E-state index contributed by atoms with van der Waals surface area (Å²) in [4.78, 5) is 8.73. The Morgan fingerprint density at radius 2 is 2.07 bits per heavy atom. The Morgan fingerprint density at radius 3 is 2.79 bits per heavy atom. The van der Waals surface area contributed by atoms with Gasteiger partial charge in [0.25, 0.3) is 0 Å². The van der Waals surface area contributed by atoms with Gasteiger partial charge < -0.3 is 15.0 Å². The van der Waals surface area contributed by atoms with Crippen molar-refractivity contribution in [2.75, 3.05) is 17.3 Å². The van der Waals surface area contributed by atoms with Gasteiger partial charge in [0.2, 0.25) is 0 Å². The topological polar surface area (TPSA) is 37.4 Å². The van der Waals surface area contributed by atoms with E-state index in [4.69, 9.17) is 17.0 Å². The van der Waals surface area contributed by atoms with Crippen LogP contribution in [0.1, 0.15) is 10.7 Å². The van der Waals surface area contributed by atoms with Gasteiger partial charge in [0.1, 0.15) is 10.7 Å². The van der Waals surface area contributed by atoms with Crippen LogP contribution in [0.2, 0.25) is 0 Å². The molecule has 3 aromatic rings. The summed E-state index contributed by atoms with van der Waals surface area (Å²) < 4.78 is 5.43. The van der Waals surface area contributed by atoms with E-state index in [-0.39, 0.29) is 0 Å². The van der Waals surface area contributed by atoms with E-state index in [1.807, 2.05) is 49.4 Å². The minimum atomic E-state index is 0.674. The number of ether oxygens (including phenoxy) is 1. The van der Waals surface area contributed by atoms with Crippen molar-refractivity contribution >= 4 is 51.7 Å². The van der Waals surface area contributed by atoms with Crippen molar-refractivity contribution in [2.45, 2.75) is 18.4 Å². The maximum Gasteiger partial charge on any atom is 0.121 e. The van der Waals surface area contributed by atoms with Gasteiger partial charge in [-0.2, -0.15) is 0 Å². The Balaban J connectivity index is 1.63. The van der Waals surface area contributed by atoms with Crippen molar-refractivity contribution in [3.63, 3.8) is 0 Å². The van der Waals surface area contributed by atoms with Crippen LogP contribution >= 0.6 is 35.3 Å². The molecular weight excluding hydrogens is 406 g/mol. The zero-order valence-electron chi connectivity index (χ0n) is 15.5. The predicted molar refractivity (Wildman–Crippen MR) is 123 cm³/mol. The highest BCUT2D eigenvalue weighted by molar-refractivity contribution is 8.03. The molecule has 1 aliphatic rings. The van der Waals surface area contributed by atoms with E-state index >= 15 is 0 Å². The summed E-state index contributed by atoms with van der Waals surface area (Å²) in [5, 5.41) is 7.53. The number of methoxy groups -OCH3 is 1. The quantitative estimate of drug-likeness (QED) is 0.408. The van der Waals surface area contributed by atoms with Gasteiger partial charge in [-0.05, 0) is 31.2 Å². The third-order valence-corrected chi connectivity index (χ3v) is 6.37. The van der Waals surface area contributed by atoms with Crippen molar-refractivity contribution in [2.24, 2.45) is 0 Å². The van der Waals surface area contributed by atoms with Crippen LogP contribution in [0, 0.1) is 6.92 Å². The standard InChI is InChI=1S/C21H19N3OS3/c1-14-22-16(13-27-14)12-24-18-10-17(25-2)8-9-19(18)28-21(24)11-20(26)23-15-6-4-3-5-7-15/h3-11,13H,12H2,1-2H3,(H,23,26)/b21-11-. The van der Waals surface area contributed by atoms with Gasteiger partial charge in [0, 0.05) is 28.1 Å². The second-order valence-corrected chi connectivity index (χ2v) is 8.78. The Morgan fingerprint density at radius 1 is 1.25 bits per heavy atom. The van der Waals surface area contributed by atoms with Gasteiger partial charge >= 0.3 is 0 Å². The third-order valence-electron chi connectivity index (χ3n) is 4.22. The second-order valence-electron chi connectivity index (χ2n) is 6.22. The number of nitrogens with one attached hydrogen (secondary N) is 1. The minimum Gasteiger partial charge on any atom is -0.497 e. The lowest BCUT2D eigenvalue weighted by molar-refractivity contribution is 0.414. The Bertz CT molecular complexity index is 1030. The fourth-order valence-corrected chi connectivity index (χ4v) is 4.93. The van der Waals surface area contributed by atoms with Crippen LogP contribution in [-0.2, 0) is 6.54 Å². The molecule has 0 aliphatic carbocycles. The lowest BCUT2D eigenvalue weighted by Crippen LogP contribution is -2.19. The summed E-state index contributed by atoms with van der Waals surface area (Å²) in [6.07, 6.45) is 2.01. The van der Waals surface area contributed by atoms with Crippen LogP contribution < -0.4 is 15.0 Å². The molecule has 142 valence electrons. The number of thiazole rings is 1. The molecule has 4 nitrogen and oxygen atoms in total. The van der Waals surface area contributed by atoms with Crippen molar-refractivity contribution in [3.05, 3.63) is 75.7 Å². The summed E-state index contributed by atoms with van der Waals surface area (Å²) in [7, 11) is 1.69. The molecule has 0 spiro atoms. The molecule has 0 amide bonds. The van der Waals surface area contributed by atoms with E-state index in [1.165, 1.54) is 4.90 Å². The van der Waals surface area contributed by atoms with Gasteiger partial charge in [0.15, 0.2) is 0 Å². The molecule has 7 heteroatoms. The monoisotopic (exact) mass is 425 g/mol. The van der Waals surface area contributed by atoms with Crippen LogP contribution in [0.25, 0.3) is 0 Å². The number of aryl methyl sites for hydroxylation is 1. The van der Waals surface area contributed by atoms with E-state index in [0.717, 1.165) is 32.9 Å². The van der Waals surface area contributed by atoms with Gasteiger partial charge in [-0.15, -0.1) is 11.3 Å². The predicted octanol–water partition coefficient (Wildman–Crippen LogP) is 5.85. The number of thioether (sulfide) groups is 1. The highest BCUT2D eigenvalue weighted by Crippen LogP contribution is 2.48. The van der Waals surface area contributed by atoms with E-state index in [1.54, 1.807) is 30.2 Å². The van der Waals surface area contributed by atoms with Gasteiger partial charge in [-0.1, -0.05) is 42.2 Å². The zero-order valence-corrected chi connectivity index (χ0v) is 18.0. The zero-order chi connectivity index (χ0) is 19.5. The number of thiocarbonyl (C=S) groups is 1. The normalized spacial score (nSPS) is 14.2. The second kappa shape index (κ2) is 8.34. The molecule has 0 unspecified atom stereocenters. The summed E-state index contributed by atoms with van der Waals surface area (Å²) in [5.41, 5.74) is 3.14. The fourth-order valence-electron chi connectivity index (χ4n) is 2.93. The first kappa shape index (κ1) is 19.0. The fraction of sp³-hybridized carbons (Fsp3) is 0.143. The molecular formula is C21H19N3OS3. The SMILES string of the molecule is COc1ccc2c(c1)N(Cc1csc(C)n1)/C(=C/C(=S)Nc1ccccc1)S2. The average molecular weight is 426 g/mol. The van der Waals surface area contributed by atoms with E-state index in [9.17, 15) is 0 Å². The highest BCUT2D eigenvalue weighted by Gasteiger charge is 2.27. The Labute approximate surface area is 178 Å². The Hall–Kier alpha value is -2.35. The number of fused-ring (bicyclic) bond motifs is 1. The molecule has 0 bridgehead atoms.